The van der Waals surface area contributed by atoms with Gasteiger partial charge >= 0.3 is 0 Å². The highest BCUT2D eigenvalue weighted by Crippen LogP contribution is 2.69. The van der Waals surface area contributed by atoms with Gasteiger partial charge in [0.05, 0.1) is 31.8 Å². The fourth-order valence-electron chi connectivity index (χ4n) is 25.6. The van der Waals surface area contributed by atoms with Gasteiger partial charge in [-0.25, -0.2) is 0 Å². The minimum Gasteiger partial charge on any atom is -0.387 e. The highest BCUT2D eigenvalue weighted by atomic mass is 35.5. The zero-order chi connectivity index (χ0) is 63.8. The molecular weight excluding hydrogens is 1170 g/mol. The third kappa shape index (κ3) is 12.4. The largest absolute Gasteiger partial charge is 0.387 e. The molecule has 0 aromatic carbocycles. The minimum absolute atomic E-state index is 0.352. The molecule has 13 aliphatic carbocycles. The maximum Gasteiger partial charge on any atom is 0.162 e. The number of allylic oxidation sites excluding steroid dienone is 3. The summed E-state index contributed by atoms with van der Waals surface area (Å²) in [6.07, 6.45) is 39.3. The van der Waals surface area contributed by atoms with Crippen molar-refractivity contribution in [1.82, 2.24) is 60.6 Å². The SMILES string of the molecule is C=C(Cn1ncnn1)[C@H]1CC[C@H]2[C@@H]3CC[C@@H]4C[C@](O)(C#CC5CC5)CC[C@@H]4[C@H]3CC[C@]12C.C=C(Cn1ncnn1)[C@H]1CC[C@H]2[C@@H]3CC[C@@H]4C[C@](O)(C#CCl)CC[C@@H]4[C@H]3CC[C@]12C.C=C(Cn1ncnn1)[C@H]1CC[C@H]2[C@@H]3CC[C@@H]4C[C@](O)(COC)CC[C@@H]4[C@H]3CC[C@]12C. The first kappa shape index (κ1) is 65.0. The molecule has 0 unspecified atom stereocenters. The fraction of sp³-hybridized carbons (Fsp3) is 0.827. The van der Waals surface area contributed by atoms with Crippen molar-refractivity contribution < 1.29 is 20.1 Å². The molecule has 500 valence electrons. The van der Waals surface area contributed by atoms with Gasteiger partial charge in [0.15, 0.2) is 19.0 Å². The van der Waals surface area contributed by atoms with E-state index in [2.05, 4.69) is 110 Å². The summed E-state index contributed by atoms with van der Waals surface area (Å²) in [6, 6.07) is 0. The first-order valence-electron chi connectivity index (χ1n) is 36.8. The van der Waals surface area contributed by atoms with E-state index in [-0.39, 0.29) is 0 Å². The van der Waals surface area contributed by atoms with Gasteiger partial charge in [-0.05, 0) is 336 Å². The lowest BCUT2D eigenvalue weighted by molar-refractivity contribution is -0.123. The number of hydrogen-bond donors (Lipinski definition) is 3. The molecule has 0 aliphatic heterocycles. The van der Waals surface area contributed by atoms with E-state index in [1.54, 1.807) is 21.5 Å². The first-order valence-corrected chi connectivity index (χ1v) is 37.2. The molecule has 0 bridgehead atoms. The molecule has 92 heavy (non-hydrogen) atoms. The average Bonchev–Trinajstić information content (AvgIpc) is 1.40. The molecule has 13 aliphatic rings. The smallest absolute Gasteiger partial charge is 0.162 e. The second-order valence-corrected chi connectivity index (χ2v) is 34.1. The highest BCUT2D eigenvalue weighted by Gasteiger charge is 2.62. The number of aliphatic hydroxyl groups is 3. The molecule has 17 heteroatoms. The topological polar surface area (TPSA) is 201 Å². The van der Waals surface area contributed by atoms with Gasteiger partial charge in [0.25, 0.3) is 0 Å². The van der Waals surface area contributed by atoms with E-state index >= 15 is 0 Å². The standard InChI is InChI=1S/C27H38N4O.C24H33ClN4O.C24H38N4O2/c1-18(16-31-29-17-28-30-31)24-7-8-25-23-6-5-20-15-27(32,13-9-19-3-4-19)14-11-21(20)22(23)10-12-26(24,25)2;1-16(14-29-27-15-26-28-29)21-5-6-22-20-4-3-17-13-24(30,11-12-25)10-8-18(17)19(20)7-9-23(21,22)2;1-16(13-28-26-15-25-27-28)21-6-7-22-20-5-4-17-12-24(29,14-30-3)11-9-18(17)19(20)8-10-23(21,22)2/h17,19-25,32H,1,3-8,10-12,14-16H2,2H3;15,17-22,30H,1,3-10,13-14H2,2H3;15,17-22,29H,1,4-14H2,2-3H3/t20-,21+,22-,23-,24-,25+,26-,27+;17-,18+,19-,20-,21-,22+,23-,24-;17-,18+,19-,20-,21-,22+,23-,24+/m111/s1. The van der Waals surface area contributed by atoms with Crippen molar-refractivity contribution in [3.63, 3.8) is 0 Å². The van der Waals surface area contributed by atoms with E-state index < -0.39 is 16.8 Å². The van der Waals surface area contributed by atoms with E-state index in [0.29, 0.717) is 83.9 Å². The molecule has 3 aromatic rings. The van der Waals surface area contributed by atoms with E-state index in [1.807, 2.05) is 0 Å². The van der Waals surface area contributed by atoms with Gasteiger partial charge in [0, 0.05) is 18.4 Å². The maximum atomic E-state index is 11.2. The third-order valence-electron chi connectivity index (χ3n) is 29.6. The Hall–Kier alpha value is -4.32. The summed E-state index contributed by atoms with van der Waals surface area (Å²) in [4.78, 5) is 5.03. The number of rotatable bonds is 11. The summed E-state index contributed by atoms with van der Waals surface area (Å²) in [6.45, 7) is 23.7. The highest BCUT2D eigenvalue weighted by molar-refractivity contribution is 6.30. The van der Waals surface area contributed by atoms with Crippen molar-refractivity contribution in [2.45, 2.75) is 243 Å². The molecule has 24 atom stereocenters. The molecule has 13 fully saturated rings. The quantitative estimate of drug-likeness (QED) is 0.121. The molecule has 0 saturated heterocycles. The molecule has 3 N–H and O–H groups in total. The summed E-state index contributed by atoms with van der Waals surface area (Å²) in [5.74, 6) is 23.7. The van der Waals surface area contributed by atoms with Crippen molar-refractivity contribution in [2.24, 2.45) is 129 Å². The first-order chi connectivity index (χ1) is 44.3. The van der Waals surface area contributed by atoms with Crippen molar-refractivity contribution in [2.75, 3.05) is 13.7 Å². The van der Waals surface area contributed by atoms with Gasteiger partial charge in [-0.1, -0.05) is 75.0 Å². The van der Waals surface area contributed by atoms with Crippen LogP contribution in [0.1, 0.15) is 207 Å². The lowest BCUT2D eigenvalue weighted by atomic mass is 9.48. The van der Waals surface area contributed by atoms with Crippen molar-refractivity contribution in [3.8, 4) is 23.1 Å². The summed E-state index contributed by atoms with van der Waals surface area (Å²) in [7, 11) is 1.71. The molecule has 16 rings (SSSR count). The van der Waals surface area contributed by atoms with E-state index in [9.17, 15) is 15.3 Å². The Balaban J connectivity index is 0.000000120. The number of fused-ring (bicyclic) bond motifs is 15. The summed E-state index contributed by atoms with van der Waals surface area (Å²) in [5.41, 5.74) is 2.80. The predicted molar refractivity (Wildman–Crippen MR) is 354 cm³/mol. The van der Waals surface area contributed by atoms with Crippen LogP contribution in [0.25, 0.3) is 0 Å². The fourth-order valence-corrected chi connectivity index (χ4v) is 25.7. The number of halogens is 1. The van der Waals surface area contributed by atoms with E-state index in [4.69, 9.17) is 16.3 Å². The van der Waals surface area contributed by atoms with Crippen molar-refractivity contribution in [3.05, 3.63) is 55.4 Å². The van der Waals surface area contributed by atoms with Crippen LogP contribution < -0.4 is 0 Å². The van der Waals surface area contributed by atoms with Crippen LogP contribution in [-0.2, 0) is 24.4 Å². The second kappa shape index (κ2) is 25.9. The molecule has 3 heterocycles. The van der Waals surface area contributed by atoms with Gasteiger partial charge < -0.3 is 20.1 Å². The minimum atomic E-state index is -0.857. The van der Waals surface area contributed by atoms with Gasteiger partial charge in [0.1, 0.15) is 11.2 Å². The van der Waals surface area contributed by atoms with Crippen LogP contribution >= 0.6 is 11.6 Å². The zero-order valence-corrected chi connectivity index (χ0v) is 56.9. The van der Waals surface area contributed by atoms with Crippen LogP contribution in [0.2, 0.25) is 0 Å². The van der Waals surface area contributed by atoms with Crippen LogP contribution in [0.5, 0.6) is 0 Å². The monoisotopic (exact) mass is 1280 g/mol. The molecule has 16 nitrogen and oxygen atoms in total. The zero-order valence-electron chi connectivity index (χ0n) is 56.2. The van der Waals surface area contributed by atoms with E-state index in [1.165, 1.54) is 177 Å². The lowest BCUT2D eigenvalue weighted by Gasteiger charge is -2.57. The number of tetrazole rings is 3. The summed E-state index contributed by atoms with van der Waals surface area (Å²) in [5, 5.41) is 71.7. The molecule has 3 aromatic heterocycles. The second-order valence-electron chi connectivity index (χ2n) is 33.9. The van der Waals surface area contributed by atoms with Crippen molar-refractivity contribution >= 4 is 11.6 Å². The van der Waals surface area contributed by atoms with Gasteiger partial charge in [-0.2, -0.15) is 14.4 Å². The van der Waals surface area contributed by atoms with Gasteiger partial charge in [-0.3, -0.25) is 0 Å². The normalized spacial score (nSPS) is 45.2. The summed E-state index contributed by atoms with van der Waals surface area (Å²) < 4.78 is 5.34. The van der Waals surface area contributed by atoms with Gasteiger partial charge in [-0.15, -0.1) is 30.6 Å². The van der Waals surface area contributed by atoms with E-state index in [0.717, 1.165) is 116 Å². The molecule has 0 amide bonds. The van der Waals surface area contributed by atoms with Crippen molar-refractivity contribution in [1.29, 1.82) is 0 Å². The Morgan fingerprint density at radius 3 is 1.18 bits per heavy atom. The van der Waals surface area contributed by atoms with Crippen LogP contribution in [0, 0.1) is 152 Å². The van der Waals surface area contributed by atoms with Crippen LogP contribution in [-0.4, -0.2) is 106 Å². The van der Waals surface area contributed by atoms with Crippen LogP contribution in [0.15, 0.2) is 55.4 Å². The molecular formula is C75H109ClN12O4. The Morgan fingerprint density at radius 2 is 0.826 bits per heavy atom. The lowest BCUT2D eigenvalue weighted by Crippen LogP contribution is -2.52. The Labute approximate surface area is 553 Å². The third-order valence-corrected chi connectivity index (χ3v) is 29.7. The number of aromatic nitrogens is 12. The molecule has 0 spiro atoms. The van der Waals surface area contributed by atoms with Gasteiger partial charge in [0.2, 0.25) is 0 Å². The Bertz CT molecular complexity index is 3230. The average molecular weight is 1280 g/mol. The number of methoxy groups -OCH3 is 1. The van der Waals surface area contributed by atoms with Crippen LogP contribution in [0.3, 0.4) is 0 Å². The predicted octanol–water partition coefficient (Wildman–Crippen LogP) is 12.9. The number of hydrogen-bond acceptors (Lipinski definition) is 13. The van der Waals surface area contributed by atoms with Crippen LogP contribution in [0.4, 0.5) is 0 Å². The molecule has 13 saturated carbocycles. The Morgan fingerprint density at radius 1 is 0.457 bits per heavy atom. The summed E-state index contributed by atoms with van der Waals surface area (Å²) >= 11 is 5.63. The molecule has 0 radical (unpaired) electrons. The number of ether oxygens (including phenoxy) is 1. The Kier molecular flexibility index (Phi) is 18.3. The number of nitrogens with zero attached hydrogens (tertiary/aromatic N) is 12. The maximum absolute atomic E-state index is 11.2.